The highest BCUT2D eigenvalue weighted by molar-refractivity contribution is 6.31. The van der Waals surface area contributed by atoms with Crippen LogP contribution in [0.3, 0.4) is 0 Å². The molecule has 17 heavy (non-hydrogen) atoms. The maximum absolute atomic E-state index is 11.2. The van der Waals surface area contributed by atoms with Crippen molar-refractivity contribution in [3.05, 3.63) is 34.1 Å². The zero-order valence-electron chi connectivity index (χ0n) is 8.91. The summed E-state index contributed by atoms with van der Waals surface area (Å²) in [6.45, 7) is 0. The molecule has 0 fully saturated rings. The first-order chi connectivity index (χ1) is 8.10. The van der Waals surface area contributed by atoms with E-state index in [0.717, 1.165) is 0 Å². The number of rotatable bonds is 2. The molecule has 0 saturated heterocycles. The lowest BCUT2D eigenvalue weighted by Crippen LogP contribution is -2.07. The van der Waals surface area contributed by atoms with Crippen LogP contribution in [0.15, 0.2) is 18.2 Å². The maximum Gasteiger partial charge on any atom is 0.311 e. The minimum absolute atomic E-state index is 0.00914. The molecular formula is C11H8Cl2N2O2. The summed E-state index contributed by atoms with van der Waals surface area (Å²) in [5.41, 5.74) is 1.61. The fourth-order valence-corrected chi connectivity index (χ4v) is 1.73. The van der Waals surface area contributed by atoms with Crippen molar-refractivity contribution in [2.45, 2.75) is 6.42 Å². The molecule has 0 bridgehead atoms. The number of esters is 1. The van der Waals surface area contributed by atoms with Gasteiger partial charge in [-0.15, -0.1) is 0 Å². The quantitative estimate of drug-likeness (QED) is 0.788. The number of carbonyl (C=O) groups is 1. The van der Waals surface area contributed by atoms with E-state index in [-0.39, 0.29) is 11.6 Å². The van der Waals surface area contributed by atoms with E-state index in [1.165, 1.54) is 7.11 Å². The number of nitrogens with zero attached hydrogens (tertiary/aromatic N) is 2. The summed E-state index contributed by atoms with van der Waals surface area (Å²) < 4.78 is 4.55. The van der Waals surface area contributed by atoms with E-state index in [0.29, 0.717) is 21.7 Å². The van der Waals surface area contributed by atoms with Crippen LogP contribution in [0.1, 0.15) is 5.69 Å². The Morgan fingerprint density at radius 1 is 1.29 bits per heavy atom. The second-order valence-electron chi connectivity index (χ2n) is 3.35. The summed E-state index contributed by atoms with van der Waals surface area (Å²) in [5.74, 6) is -0.414. The Balaban J connectivity index is 2.49. The number of hydrogen-bond donors (Lipinski definition) is 0. The Hall–Kier alpha value is -1.39. The normalized spacial score (nSPS) is 10.5. The van der Waals surface area contributed by atoms with Crippen LogP contribution >= 0.6 is 23.2 Å². The molecule has 2 aromatic rings. The van der Waals surface area contributed by atoms with Crippen LogP contribution in [0, 0.1) is 0 Å². The predicted octanol–water partition coefficient (Wildman–Crippen LogP) is 2.65. The van der Waals surface area contributed by atoms with Crippen molar-refractivity contribution in [2.75, 3.05) is 7.11 Å². The third kappa shape index (κ3) is 2.65. The summed E-state index contributed by atoms with van der Waals surface area (Å²) in [6, 6.07) is 5.09. The molecule has 1 heterocycles. The lowest BCUT2D eigenvalue weighted by Gasteiger charge is -2.04. The summed E-state index contributed by atoms with van der Waals surface area (Å²) in [4.78, 5) is 19.5. The Kier molecular flexibility index (Phi) is 3.45. The fourth-order valence-electron chi connectivity index (χ4n) is 1.36. The first-order valence-corrected chi connectivity index (χ1v) is 5.54. The molecular weight excluding hydrogens is 263 g/mol. The summed E-state index contributed by atoms with van der Waals surface area (Å²) in [5, 5.41) is 0.753. The van der Waals surface area contributed by atoms with Crippen LogP contribution in [0.5, 0.6) is 0 Å². The van der Waals surface area contributed by atoms with Crippen molar-refractivity contribution in [2.24, 2.45) is 0 Å². The van der Waals surface area contributed by atoms with Gasteiger partial charge in [0.15, 0.2) is 5.15 Å². The molecule has 0 aliphatic rings. The number of hydrogen-bond acceptors (Lipinski definition) is 4. The molecule has 0 spiro atoms. The summed E-state index contributed by atoms with van der Waals surface area (Å²) in [6.07, 6.45) is -0.00914. The van der Waals surface area contributed by atoms with Gasteiger partial charge in [0.05, 0.1) is 30.3 Å². The fraction of sp³-hybridized carbons (Fsp3) is 0.182. The first kappa shape index (κ1) is 12.1. The van der Waals surface area contributed by atoms with Gasteiger partial charge in [-0.2, -0.15) is 0 Å². The molecule has 0 atom stereocenters. The van der Waals surface area contributed by atoms with Gasteiger partial charge in [0.25, 0.3) is 0 Å². The van der Waals surface area contributed by atoms with Crippen LogP contribution in [-0.4, -0.2) is 23.0 Å². The van der Waals surface area contributed by atoms with Crippen LogP contribution < -0.4 is 0 Å². The third-order valence-corrected chi connectivity index (χ3v) is 2.73. The molecule has 0 aliphatic carbocycles. The van der Waals surface area contributed by atoms with Gasteiger partial charge < -0.3 is 4.74 Å². The topological polar surface area (TPSA) is 52.1 Å². The van der Waals surface area contributed by atoms with Gasteiger partial charge in [0.2, 0.25) is 0 Å². The van der Waals surface area contributed by atoms with Gasteiger partial charge in [-0.25, -0.2) is 9.97 Å². The number of carbonyl (C=O) groups excluding carboxylic acids is 1. The monoisotopic (exact) mass is 270 g/mol. The van der Waals surface area contributed by atoms with E-state index in [1.54, 1.807) is 18.2 Å². The van der Waals surface area contributed by atoms with E-state index in [1.807, 2.05) is 0 Å². The SMILES string of the molecule is COC(=O)Cc1nc2cc(Cl)ccc2nc1Cl. The van der Waals surface area contributed by atoms with Gasteiger partial charge in [0.1, 0.15) is 0 Å². The van der Waals surface area contributed by atoms with Gasteiger partial charge in [-0.05, 0) is 18.2 Å². The molecule has 2 rings (SSSR count). The Morgan fingerprint density at radius 3 is 2.76 bits per heavy atom. The minimum Gasteiger partial charge on any atom is -0.469 e. The van der Waals surface area contributed by atoms with Gasteiger partial charge in [0, 0.05) is 5.02 Å². The van der Waals surface area contributed by atoms with E-state index in [4.69, 9.17) is 23.2 Å². The average Bonchev–Trinajstić information content (AvgIpc) is 2.30. The van der Waals surface area contributed by atoms with Crippen LogP contribution in [0.4, 0.5) is 0 Å². The number of methoxy groups -OCH3 is 1. The molecule has 0 saturated carbocycles. The highest BCUT2D eigenvalue weighted by atomic mass is 35.5. The highest BCUT2D eigenvalue weighted by Crippen LogP contribution is 2.20. The Labute approximate surface area is 108 Å². The van der Waals surface area contributed by atoms with Crippen molar-refractivity contribution < 1.29 is 9.53 Å². The van der Waals surface area contributed by atoms with E-state index < -0.39 is 5.97 Å². The van der Waals surface area contributed by atoms with E-state index >= 15 is 0 Å². The minimum atomic E-state index is -0.414. The van der Waals surface area contributed by atoms with E-state index in [2.05, 4.69) is 14.7 Å². The second kappa shape index (κ2) is 4.85. The smallest absolute Gasteiger partial charge is 0.311 e. The van der Waals surface area contributed by atoms with Gasteiger partial charge in [-0.3, -0.25) is 4.79 Å². The average molecular weight is 271 g/mol. The molecule has 4 nitrogen and oxygen atoms in total. The van der Waals surface area contributed by atoms with Crippen molar-refractivity contribution in [3.8, 4) is 0 Å². The standard InChI is InChI=1S/C11H8Cl2N2O2/c1-17-10(16)5-9-11(13)15-7-3-2-6(12)4-8(7)14-9/h2-4H,5H2,1H3. The molecule has 0 amide bonds. The molecule has 1 aromatic heterocycles. The van der Waals surface area contributed by atoms with Crippen LogP contribution in [-0.2, 0) is 16.0 Å². The lowest BCUT2D eigenvalue weighted by atomic mass is 10.2. The van der Waals surface area contributed by atoms with Crippen molar-refractivity contribution in [3.63, 3.8) is 0 Å². The lowest BCUT2D eigenvalue weighted by molar-refractivity contribution is -0.139. The van der Waals surface area contributed by atoms with E-state index in [9.17, 15) is 4.79 Å². The van der Waals surface area contributed by atoms with Crippen molar-refractivity contribution in [1.29, 1.82) is 0 Å². The number of halogens is 2. The molecule has 1 aromatic carbocycles. The number of ether oxygens (including phenoxy) is 1. The molecule has 0 N–H and O–H groups in total. The molecule has 0 radical (unpaired) electrons. The maximum atomic E-state index is 11.2. The Morgan fingerprint density at radius 2 is 2.06 bits per heavy atom. The van der Waals surface area contributed by atoms with Gasteiger partial charge >= 0.3 is 5.97 Å². The first-order valence-electron chi connectivity index (χ1n) is 4.78. The zero-order chi connectivity index (χ0) is 12.4. The van der Waals surface area contributed by atoms with Gasteiger partial charge in [-0.1, -0.05) is 23.2 Å². The zero-order valence-corrected chi connectivity index (χ0v) is 10.4. The molecule has 88 valence electrons. The molecule has 0 unspecified atom stereocenters. The summed E-state index contributed by atoms with van der Waals surface area (Å²) in [7, 11) is 1.31. The molecule has 0 aliphatic heterocycles. The van der Waals surface area contributed by atoms with Crippen molar-refractivity contribution >= 4 is 40.2 Å². The number of aromatic nitrogens is 2. The van der Waals surface area contributed by atoms with Crippen molar-refractivity contribution in [1.82, 2.24) is 9.97 Å². The Bertz CT molecular complexity index is 587. The van der Waals surface area contributed by atoms with Crippen LogP contribution in [0.25, 0.3) is 11.0 Å². The summed E-state index contributed by atoms with van der Waals surface area (Å²) >= 11 is 11.8. The van der Waals surface area contributed by atoms with Crippen LogP contribution in [0.2, 0.25) is 10.2 Å². The number of fused-ring (bicyclic) bond motifs is 1. The third-order valence-electron chi connectivity index (χ3n) is 2.19. The largest absolute Gasteiger partial charge is 0.469 e. The highest BCUT2D eigenvalue weighted by Gasteiger charge is 2.11. The number of benzene rings is 1. The second-order valence-corrected chi connectivity index (χ2v) is 4.14. The predicted molar refractivity (Wildman–Crippen MR) is 65.3 cm³/mol. The molecule has 6 heteroatoms.